The molecule has 0 spiro atoms. The highest BCUT2D eigenvalue weighted by Gasteiger charge is 2.37. The van der Waals surface area contributed by atoms with Crippen LogP contribution in [0, 0.1) is 0 Å². The summed E-state index contributed by atoms with van der Waals surface area (Å²) in [6.07, 6.45) is 2.10. The number of carbonyl (C=O) groups is 2. The Morgan fingerprint density at radius 3 is 2.32 bits per heavy atom. The standard InChI is InChI=1S/C24H31N3O6S/c1-33-20-10-12-21(13-11-20)34(31,32)27(17-14-23(29)26-15-6-3-7-16-26)24(25-30)22(18-28)19-8-4-2-5-9-19/h2,4-5,8-13,18,22,24-25,30H,3,6-7,14-17H2,1H3. The molecule has 10 heteroatoms. The number of aldehydes is 1. The van der Waals surface area contributed by atoms with Crippen LogP contribution in [-0.2, 0) is 19.6 Å². The van der Waals surface area contributed by atoms with Crippen molar-refractivity contribution in [2.24, 2.45) is 0 Å². The van der Waals surface area contributed by atoms with Crippen molar-refractivity contribution in [2.75, 3.05) is 26.7 Å². The number of hydroxylamine groups is 1. The van der Waals surface area contributed by atoms with E-state index in [9.17, 15) is 23.2 Å². The van der Waals surface area contributed by atoms with E-state index >= 15 is 0 Å². The number of rotatable bonds is 11. The van der Waals surface area contributed by atoms with Crippen LogP contribution in [0.15, 0.2) is 59.5 Å². The average Bonchev–Trinajstić information content (AvgIpc) is 2.89. The van der Waals surface area contributed by atoms with Crippen LogP contribution in [0.25, 0.3) is 0 Å². The molecule has 0 radical (unpaired) electrons. The molecule has 1 aliphatic rings. The summed E-state index contributed by atoms with van der Waals surface area (Å²) in [6.45, 7) is 1.08. The van der Waals surface area contributed by atoms with Gasteiger partial charge in [-0.05, 0) is 49.1 Å². The van der Waals surface area contributed by atoms with Gasteiger partial charge in [0.1, 0.15) is 18.2 Å². The first-order valence-electron chi connectivity index (χ1n) is 11.3. The average molecular weight is 490 g/mol. The van der Waals surface area contributed by atoms with Gasteiger partial charge in [0.05, 0.1) is 17.9 Å². The van der Waals surface area contributed by atoms with Crippen molar-refractivity contribution in [3.63, 3.8) is 0 Å². The number of carbonyl (C=O) groups excluding carboxylic acids is 2. The molecule has 1 saturated heterocycles. The topological polar surface area (TPSA) is 116 Å². The lowest BCUT2D eigenvalue weighted by molar-refractivity contribution is -0.132. The van der Waals surface area contributed by atoms with E-state index in [-0.39, 0.29) is 23.8 Å². The number of hydrogen-bond acceptors (Lipinski definition) is 7. The summed E-state index contributed by atoms with van der Waals surface area (Å²) in [5.74, 6) is -0.685. The molecule has 9 nitrogen and oxygen atoms in total. The van der Waals surface area contributed by atoms with Gasteiger partial charge in [-0.2, -0.15) is 9.79 Å². The molecule has 2 unspecified atom stereocenters. The van der Waals surface area contributed by atoms with Crippen molar-refractivity contribution in [2.45, 2.75) is 42.7 Å². The molecule has 34 heavy (non-hydrogen) atoms. The molecule has 1 fully saturated rings. The Bertz CT molecular complexity index is 1040. The van der Waals surface area contributed by atoms with Crippen LogP contribution in [-0.4, -0.2) is 67.9 Å². The number of likely N-dealkylation sites (tertiary alicyclic amines) is 1. The second-order valence-corrected chi connectivity index (χ2v) is 10.0. The quantitative estimate of drug-likeness (QED) is 0.283. The first-order chi connectivity index (χ1) is 16.4. The molecule has 0 saturated carbocycles. The molecule has 184 valence electrons. The zero-order chi connectivity index (χ0) is 24.6. The van der Waals surface area contributed by atoms with Crippen molar-refractivity contribution in [1.82, 2.24) is 14.7 Å². The van der Waals surface area contributed by atoms with Crippen LogP contribution in [0.5, 0.6) is 5.75 Å². The summed E-state index contributed by atoms with van der Waals surface area (Å²) < 4.78 is 33.4. The SMILES string of the molecule is COc1ccc(S(=O)(=O)N(CCC(=O)N2CCCCC2)C(NO)C(C=O)c2ccccc2)cc1. The zero-order valence-electron chi connectivity index (χ0n) is 19.2. The van der Waals surface area contributed by atoms with Gasteiger partial charge in [0, 0.05) is 26.1 Å². The lowest BCUT2D eigenvalue weighted by atomic mass is 9.97. The maximum Gasteiger partial charge on any atom is 0.244 e. The maximum atomic E-state index is 13.7. The van der Waals surface area contributed by atoms with E-state index in [0.29, 0.717) is 30.7 Å². The van der Waals surface area contributed by atoms with E-state index in [1.54, 1.807) is 35.2 Å². The van der Waals surface area contributed by atoms with E-state index < -0.39 is 22.1 Å². The third-order valence-corrected chi connectivity index (χ3v) is 7.93. The number of piperidine rings is 1. The van der Waals surface area contributed by atoms with Crippen molar-refractivity contribution >= 4 is 22.2 Å². The highest BCUT2D eigenvalue weighted by molar-refractivity contribution is 7.89. The van der Waals surface area contributed by atoms with Gasteiger partial charge in [0.15, 0.2) is 0 Å². The Morgan fingerprint density at radius 2 is 1.76 bits per heavy atom. The highest BCUT2D eigenvalue weighted by Crippen LogP contribution is 2.27. The number of nitrogens with zero attached hydrogens (tertiary/aromatic N) is 2. The number of amides is 1. The summed E-state index contributed by atoms with van der Waals surface area (Å²) in [4.78, 5) is 26.6. The minimum Gasteiger partial charge on any atom is -0.497 e. The van der Waals surface area contributed by atoms with Gasteiger partial charge in [0.25, 0.3) is 0 Å². The number of sulfonamides is 1. The molecule has 3 rings (SSSR count). The number of methoxy groups -OCH3 is 1. The van der Waals surface area contributed by atoms with Crippen LogP contribution in [0.3, 0.4) is 0 Å². The van der Waals surface area contributed by atoms with Crippen molar-refractivity contribution in [1.29, 1.82) is 0 Å². The Balaban J connectivity index is 1.95. The Kier molecular flexibility index (Phi) is 9.17. The fraction of sp³-hybridized carbons (Fsp3) is 0.417. The molecular formula is C24H31N3O6S. The summed E-state index contributed by atoms with van der Waals surface area (Å²) in [6, 6.07) is 14.4. The normalized spacial score (nSPS) is 16.1. The van der Waals surface area contributed by atoms with Crippen LogP contribution in [0.1, 0.15) is 37.2 Å². The second kappa shape index (κ2) is 12.1. The summed E-state index contributed by atoms with van der Waals surface area (Å²) in [7, 11) is -2.73. The van der Waals surface area contributed by atoms with Gasteiger partial charge < -0.3 is 19.6 Å². The smallest absolute Gasteiger partial charge is 0.244 e. The maximum absolute atomic E-state index is 13.7. The van der Waals surface area contributed by atoms with Gasteiger partial charge in [-0.25, -0.2) is 8.42 Å². The van der Waals surface area contributed by atoms with Gasteiger partial charge in [0.2, 0.25) is 15.9 Å². The summed E-state index contributed by atoms with van der Waals surface area (Å²) >= 11 is 0. The molecular weight excluding hydrogens is 458 g/mol. The van der Waals surface area contributed by atoms with E-state index in [4.69, 9.17) is 4.74 Å². The highest BCUT2D eigenvalue weighted by atomic mass is 32.2. The number of nitrogens with one attached hydrogen (secondary N) is 1. The minimum atomic E-state index is -4.20. The summed E-state index contributed by atoms with van der Waals surface area (Å²) in [5, 5.41) is 10.0. The molecule has 2 N–H and O–H groups in total. The van der Waals surface area contributed by atoms with E-state index in [1.165, 1.54) is 31.4 Å². The largest absolute Gasteiger partial charge is 0.497 e. The Morgan fingerprint density at radius 1 is 1.12 bits per heavy atom. The first kappa shape index (κ1) is 25.8. The van der Waals surface area contributed by atoms with Crippen LogP contribution in [0.2, 0.25) is 0 Å². The molecule has 0 bridgehead atoms. The minimum absolute atomic E-state index is 0.0447. The van der Waals surface area contributed by atoms with Crippen molar-refractivity contribution in [3.8, 4) is 5.75 Å². The van der Waals surface area contributed by atoms with Gasteiger partial charge in [-0.15, -0.1) is 0 Å². The van der Waals surface area contributed by atoms with E-state index in [1.807, 2.05) is 5.48 Å². The Hall–Kier alpha value is -2.79. The lowest BCUT2D eigenvalue weighted by Crippen LogP contribution is -2.52. The molecule has 2 atom stereocenters. The second-order valence-electron chi connectivity index (χ2n) is 8.13. The third kappa shape index (κ3) is 6.01. The number of hydrogen-bond donors (Lipinski definition) is 2. The fourth-order valence-electron chi connectivity index (χ4n) is 4.13. The zero-order valence-corrected chi connectivity index (χ0v) is 20.0. The molecule has 0 aromatic heterocycles. The summed E-state index contributed by atoms with van der Waals surface area (Å²) in [5.41, 5.74) is 2.55. The number of benzene rings is 2. The number of ether oxygens (including phenoxy) is 1. The van der Waals surface area contributed by atoms with Gasteiger partial charge >= 0.3 is 0 Å². The van der Waals surface area contributed by atoms with E-state index in [0.717, 1.165) is 23.6 Å². The van der Waals surface area contributed by atoms with Crippen molar-refractivity contribution in [3.05, 3.63) is 60.2 Å². The van der Waals surface area contributed by atoms with Gasteiger partial charge in [-0.1, -0.05) is 30.3 Å². The molecule has 2 aromatic rings. The third-order valence-electron chi connectivity index (χ3n) is 6.03. The molecule has 1 amide bonds. The van der Waals surface area contributed by atoms with Gasteiger partial charge in [-0.3, -0.25) is 4.79 Å². The molecule has 1 aliphatic heterocycles. The lowest BCUT2D eigenvalue weighted by Gasteiger charge is -2.34. The Labute approximate surface area is 200 Å². The molecule has 0 aliphatic carbocycles. The van der Waals surface area contributed by atoms with Crippen molar-refractivity contribution < 1.29 is 28.0 Å². The molecule has 1 heterocycles. The van der Waals surface area contributed by atoms with E-state index in [2.05, 4.69) is 0 Å². The fourth-order valence-corrected chi connectivity index (χ4v) is 5.69. The van der Waals surface area contributed by atoms with Crippen LogP contribution >= 0.6 is 0 Å². The van der Waals surface area contributed by atoms with Crippen LogP contribution < -0.4 is 10.2 Å². The monoisotopic (exact) mass is 489 g/mol. The molecule has 2 aromatic carbocycles. The van der Waals surface area contributed by atoms with Crippen LogP contribution in [0.4, 0.5) is 0 Å². The predicted molar refractivity (Wildman–Crippen MR) is 126 cm³/mol. The predicted octanol–water partition coefficient (Wildman–Crippen LogP) is 2.38. The first-order valence-corrected chi connectivity index (χ1v) is 12.7.